The first-order valence-corrected chi connectivity index (χ1v) is 9.83. The number of sulfonamides is 1. The quantitative estimate of drug-likeness (QED) is 0.579. The average molecular weight is 400 g/mol. The summed E-state index contributed by atoms with van der Waals surface area (Å²) in [6.07, 6.45) is 0.970. The Kier molecular flexibility index (Phi) is 5.34. The lowest BCUT2D eigenvalue weighted by Crippen LogP contribution is -2.42. The van der Waals surface area contributed by atoms with Crippen LogP contribution in [0.5, 0.6) is 5.75 Å². The minimum absolute atomic E-state index is 0.114. The Morgan fingerprint density at radius 3 is 2.52 bits per heavy atom. The van der Waals surface area contributed by atoms with Crippen LogP contribution in [-0.4, -0.2) is 31.3 Å². The molecular formula is C17H15Cl2NO4S. The highest BCUT2D eigenvalue weighted by molar-refractivity contribution is 7.89. The van der Waals surface area contributed by atoms with Gasteiger partial charge in [-0.05, 0) is 37.1 Å². The van der Waals surface area contributed by atoms with Gasteiger partial charge in [-0.2, -0.15) is 4.31 Å². The topological polar surface area (TPSA) is 63.7 Å². The molecule has 132 valence electrons. The van der Waals surface area contributed by atoms with E-state index in [-0.39, 0.29) is 27.2 Å². The van der Waals surface area contributed by atoms with E-state index in [0.717, 1.165) is 0 Å². The number of esters is 1. The number of hydrogen-bond donors (Lipinski definition) is 0. The average Bonchev–Trinajstić information content (AvgIpc) is 3.10. The highest BCUT2D eigenvalue weighted by Gasteiger charge is 2.40. The number of hydrogen-bond acceptors (Lipinski definition) is 4. The number of benzene rings is 2. The molecule has 5 nitrogen and oxygen atoms in total. The molecule has 0 saturated carbocycles. The van der Waals surface area contributed by atoms with Gasteiger partial charge in [0, 0.05) is 6.54 Å². The Morgan fingerprint density at radius 1 is 1.08 bits per heavy atom. The second-order valence-electron chi connectivity index (χ2n) is 5.56. The highest BCUT2D eigenvalue weighted by atomic mass is 35.5. The fourth-order valence-electron chi connectivity index (χ4n) is 2.73. The van der Waals surface area contributed by atoms with Crippen LogP contribution in [0.3, 0.4) is 0 Å². The molecule has 8 heteroatoms. The Labute approximate surface area is 156 Å². The van der Waals surface area contributed by atoms with E-state index >= 15 is 0 Å². The number of nitrogens with zero attached hydrogens (tertiary/aromatic N) is 1. The van der Waals surface area contributed by atoms with Crippen LogP contribution in [0.15, 0.2) is 53.4 Å². The van der Waals surface area contributed by atoms with E-state index in [0.29, 0.717) is 12.8 Å². The first-order valence-electron chi connectivity index (χ1n) is 7.64. The molecule has 0 amide bonds. The van der Waals surface area contributed by atoms with Crippen LogP contribution in [0.2, 0.25) is 10.0 Å². The van der Waals surface area contributed by atoms with E-state index < -0.39 is 22.0 Å². The second-order valence-corrected chi connectivity index (χ2v) is 8.24. The molecule has 0 bridgehead atoms. The molecule has 1 aliphatic rings. The van der Waals surface area contributed by atoms with Crippen molar-refractivity contribution in [3.05, 3.63) is 58.6 Å². The third-order valence-corrected chi connectivity index (χ3v) is 6.68. The van der Waals surface area contributed by atoms with Crippen LogP contribution in [0.1, 0.15) is 12.8 Å². The molecule has 2 aromatic carbocycles. The zero-order valence-electron chi connectivity index (χ0n) is 13.1. The molecule has 1 heterocycles. The maximum absolute atomic E-state index is 12.8. The van der Waals surface area contributed by atoms with E-state index in [2.05, 4.69) is 0 Å². The minimum atomic E-state index is -3.77. The van der Waals surface area contributed by atoms with Gasteiger partial charge in [0.2, 0.25) is 10.0 Å². The van der Waals surface area contributed by atoms with E-state index in [1.807, 2.05) is 0 Å². The summed E-state index contributed by atoms with van der Waals surface area (Å²) in [4.78, 5) is 12.7. The van der Waals surface area contributed by atoms with Crippen molar-refractivity contribution >= 4 is 39.2 Å². The van der Waals surface area contributed by atoms with E-state index in [1.54, 1.807) is 30.3 Å². The maximum Gasteiger partial charge on any atom is 0.329 e. The van der Waals surface area contributed by atoms with Gasteiger partial charge in [0.05, 0.1) is 9.92 Å². The maximum atomic E-state index is 12.8. The second kappa shape index (κ2) is 7.33. The minimum Gasteiger partial charge on any atom is -0.424 e. The van der Waals surface area contributed by atoms with Gasteiger partial charge >= 0.3 is 5.97 Å². The summed E-state index contributed by atoms with van der Waals surface area (Å²) in [6.45, 7) is 0.264. The summed E-state index contributed by atoms with van der Waals surface area (Å²) >= 11 is 11.9. The van der Waals surface area contributed by atoms with Crippen molar-refractivity contribution in [2.75, 3.05) is 6.54 Å². The molecule has 3 rings (SSSR count). The van der Waals surface area contributed by atoms with Gasteiger partial charge in [0.1, 0.15) is 11.1 Å². The summed E-state index contributed by atoms with van der Waals surface area (Å²) < 4.78 is 32.1. The van der Waals surface area contributed by atoms with E-state index in [9.17, 15) is 13.2 Å². The number of halogens is 2. The first kappa shape index (κ1) is 18.2. The van der Waals surface area contributed by atoms with Crippen molar-refractivity contribution in [2.45, 2.75) is 23.8 Å². The first-order chi connectivity index (χ1) is 11.9. The third kappa shape index (κ3) is 3.67. The molecule has 0 spiro atoms. The van der Waals surface area contributed by atoms with Gasteiger partial charge in [-0.25, -0.2) is 13.2 Å². The van der Waals surface area contributed by atoms with Crippen molar-refractivity contribution in [1.82, 2.24) is 4.31 Å². The normalized spacial score (nSPS) is 18.2. The molecular weight excluding hydrogens is 385 g/mol. The largest absolute Gasteiger partial charge is 0.424 e. The number of rotatable bonds is 4. The standard InChI is InChI=1S/C17H15Cl2NO4S/c18-13-8-4-10-15(16(13)19)24-17(21)14-9-5-11-20(14)25(22,23)12-6-2-1-3-7-12/h1-4,6-8,10,14H,5,9,11H2. The van der Waals surface area contributed by atoms with Crippen LogP contribution >= 0.6 is 23.2 Å². The number of carbonyl (C=O) groups excluding carboxylic acids is 1. The van der Waals surface area contributed by atoms with Crippen molar-refractivity contribution in [3.8, 4) is 5.75 Å². The summed E-state index contributed by atoms with van der Waals surface area (Å²) in [7, 11) is -3.77. The monoisotopic (exact) mass is 399 g/mol. The number of ether oxygens (including phenoxy) is 1. The van der Waals surface area contributed by atoms with Crippen LogP contribution in [0, 0.1) is 0 Å². The fraction of sp³-hybridized carbons (Fsp3) is 0.235. The van der Waals surface area contributed by atoms with Gasteiger partial charge < -0.3 is 4.74 Å². The van der Waals surface area contributed by atoms with Gasteiger partial charge in [-0.1, -0.05) is 47.5 Å². The summed E-state index contributed by atoms with van der Waals surface area (Å²) in [6, 6.07) is 11.8. The van der Waals surface area contributed by atoms with Gasteiger partial charge in [-0.15, -0.1) is 0 Å². The Balaban J connectivity index is 1.84. The third-order valence-electron chi connectivity index (χ3n) is 3.95. The molecule has 1 unspecified atom stereocenters. The lowest BCUT2D eigenvalue weighted by molar-refractivity contribution is -0.137. The van der Waals surface area contributed by atoms with Crippen molar-refractivity contribution in [1.29, 1.82) is 0 Å². The van der Waals surface area contributed by atoms with Crippen LogP contribution in [0.25, 0.3) is 0 Å². The van der Waals surface area contributed by atoms with Crippen molar-refractivity contribution in [3.63, 3.8) is 0 Å². The molecule has 1 saturated heterocycles. The summed E-state index contributed by atoms with van der Waals surface area (Å²) in [5.41, 5.74) is 0. The summed E-state index contributed by atoms with van der Waals surface area (Å²) in [5.74, 6) is -0.552. The molecule has 1 fully saturated rings. The van der Waals surface area contributed by atoms with Crippen LogP contribution < -0.4 is 4.74 Å². The lowest BCUT2D eigenvalue weighted by Gasteiger charge is -2.22. The lowest BCUT2D eigenvalue weighted by atomic mass is 10.2. The zero-order chi connectivity index (χ0) is 18.0. The van der Waals surface area contributed by atoms with Gasteiger partial charge in [-0.3, -0.25) is 0 Å². The molecule has 2 aromatic rings. The molecule has 25 heavy (non-hydrogen) atoms. The molecule has 0 aromatic heterocycles. The van der Waals surface area contributed by atoms with Crippen molar-refractivity contribution < 1.29 is 17.9 Å². The Hall–Kier alpha value is -1.60. The molecule has 1 aliphatic heterocycles. The van der Waals surface area contributed by atoms with Crippen LogP contribution in [-0.2, 0) is 14.8 Å². The smallest absolute Gasteiger partial charge is 0.329 e. The molecule has 0 aliphatic carbocycles. The Morgan fingerprint density at radius 2 is 1.80 bits per heavy atom. The molecule has 0 radical (unpaired) electrons. The molecule has 1 atom stereocenters. The number of carbonyl (C=O) groups is 1. The van der Waals surface area contributed by atoms with Gasteiger partial charge in [0.25, 0.3) is 0 Å². The van der Waals surface area contributed by atoms with E-state index in [1.165, 1.54) is 22.5 Å². The molecule has 0 N–H and O–H groups in total. The zero-order valence-corrected chi connectivity index (χ0v) is 15.4. The SMILES string of the molecule is O=C(Oc1cccc(Cl)c1Cl)C1CCCN1S(=O)(=O)c1ccccc1. The predicted molar refractivity (Wildman–Crippen MR) is 95.5 cm³/mol. The summed E-state index contributed by atoms with van der Waals surface area (Å²) in [5, 5.41) is 0.375. The Bertz CT molecular complexity index is 887. The van der Waals surface area contributed by atoms with E-state index in [4.69, 9.17) is 27.9 Å². The fourth-order valence-corrected chi connectivity index (χ4v) is 4.73. The van der Waals surface area contributed by atoms with Gasteiger partial charge in [0.15, 0.2) is 5.75 Å². The van der Waals surface area contributed by atoms with Crippen LogP contribution in [0.4, 0.5) is 0 Å². The highest BCUT2D eigenvalue weighted by Crippen LogP contribution is 2.33. The predicted octanol–water partition coefficient (Wildman–Crippen LogP) is 3.75. The van der Waals surface area contributed by atoms with Crippen molar-refractivity contribution in [2.24, 2.45) is 0 Å².